The summed E-state index contributed by atoms with van der Waals surface area (Å²) in [6.45, 7) is 7.40. The van der Waals surface area contributed by atoms with Gasteiger partial charge in [-0.25, -0.2) is 0 Å². The standard InChI is InChI=1S/C22H25N5O3S/c1-13-8-10-17(11-9-13)20-24-26-22(31)27(20)12-19(28)23-25-21(29)16(4)30-18-7-5-6-14(2)15(18)3/h5-11,16H,12H2,1-4H3,(H,23,28)(H,25,29)(H,26,31). The summed E-state index contributed by atoms with van der Waals surface area (Å²) in [4.78, 5) is 24.8. The Kier molecular flexibility index (Phi) is 6.86. The van der Waals surface area contributed by atoms with E-state index in [9.17, 15) is 9.59 Å². The van der Waals surface area contributed by atoms with Crippen LogP contribution in [0.5, 0.6) is 5.75 Å². The zero-order valence-electron chi connectivity index (χ0n) is 17.9. The summed E-state index contributed by atoms with van der Waals surface area (Å²) >= 11 is 5.25. The average Bonchev–Trinajstić information content (AvgIpc) is 3.10. The number of aromatic amines is 1. The number of ether oxygens (including phenoxy) is 1. The molecule has 0 saturated heterocycles. The van der Waals surface area contributed by atoms with Crippen LogP contribution in [0, 0.1) is 25.5 Å². The third-order valence-corrected chi connectivity index (χ3v) is 5.23. The lowest BCUT2D eigenvalue weighted by Gasteiger charge is -2.17. The van der Waals surface area contributed by atoms with E-state index in [4.69, 9.17) is 17.0 Å². The fraction of sp³-hybridized carbons (Fsp3) is 0.273. The number of aryl methyl sites for hydroxylation is 2. The van der Waals surface area contributed by atoms with Crippen molar-refractivity contribution >= 4 is 24.0 Å². The largest absolute Gasteiger partial charge is 0.481 e. The van der Waals surface area contributed by atoms with Crippen LogP contribution in [-0.4, -0.2) is 32.7 Å². The van der Waals surface area contributed by atoms with Crippen molar-refractivity contribution in [3.05, 3.63) is 63.9 Å². The highest BCUT2D eigenvalue weighted by Gasteiger charge is 2.18. The molecule has 0 aliphatic heterocycles. The van der Waals surface area contributed by atoms with Crippen molar-refractivity contribution in [1.29, 1.82) is 0 Å². The molecule has 3 N–H and O–H groups in total. The van der Waals surface area contributed by atoms with E-state index < -0.39 is 17.9 Å². The summed E-state index contributed by atoms with van der Waals surface area (Å²) in [7, 11) is 0. The van der Waals surface area contributed by atoms with Gasteiger partial charge in [0, 0.05) is 5.56 Å². The van der Waals surface area contributed by atoms with Gasteiger partial charge in [-0.3, -0.25) is 30.1 Å². The molecule has 2 amide bonds. The second kappa shape index (κ2) is 9.57. The lowest BCUT2D eigenvalue weighted by molar-refractivity contribution is -0.133. The average molecular weight is 440 g/mol. The highest BCUT2D eigenvalue weighted by molar-refractivity contribution is 7.71. The van der Waals surface area contributed by atoms with Gasteiger partial charge in [-0.15, -0.1) is 0 Å². The molecule has 0 saturated carbocycles. The summed E-state index contributed by atoms with van der Waals surface area (Å²) < 4.78 is 7.61. The second-order valence-electron chi connectivity index (χ2n) is 7.30. The Morgan fingerprint density at radius 2 is 1.84 bits per heavy atom. The van der Waals surface area contributed by atoms with E-state index >= 15 is 0 Å². The first-order valence-electron chi connectivity index (χ1n) is 9.80. The fourth-order valence-electron chi connectivity index (χ4n) is 2.90. The second-order valence-corrected chi connectivity index (χ2v) is 7.69. The number of rotatable bonds is 6. The SMILES string of the molecule is Cc1ccc(-c2n[nH]c(=S)n2CC(=O)NNC(=O)C(C)Oc2cccc(C)c2C)cc1. The molecule has 1 unspecified atom stereocenters. The highest BCUT2D eigenvalue weighted by atomic mass is 32.1. The van der Waals surface area contributed by atoms with Gasteiger partial charge in [0.2, 0.25) is 0 Å². The van der Waals surface area contributed by atoms with Crippen LogP contribution in [0.15, 0.2) is 42.5 Å². The highest BCUT2D eigenvalue weighted by Crippen LogP contribution is 2.21. The molecule has 0 spiro atoms. The fourth-order valence-corrected chi connectivity index (χ4v) is 3.10. The van der Waals surface area contributed by atoms with Gasteiger partial charge in [0.15, 0.2) is 16.7 Å². The normalized spacial score (nSPS) is 11.6. The van der Waals surface area contributed by atoms with E-state index in [0.717, 1.165) is 22.3 Å². The van der Waals surface area contributed by atoms with Gasteiger partial charge in [0.05, 0.1) is 0 Å². The first-order chi connectivity index (χ1) is 14.8. The predicted molar refractivity (Wildman–Crippen MR) is 120 cm³/mol. The van der Waals surface area contributed by atoms with Crippen molar-refractivity contribution in [2.24, 2.45) is 0 Å². The molecule has 1 aromatic heterocycles. The number of hydrazine groups is 1. The zero-order valence-corrected chi connectivity index (χ0v) is 18.7. The van der Waals surface area contributed by atoms with E-state index in [1.807, 2.05) is 57.2 Å². The van der Waals surface area contributed by atoms with Gasteiger partial charge in [-0.2, -0.15) is 5.10 Å². The molecule has 0 fully saturated rings. The summed E-state index contributed by atoms with van der Waals surface area (Å²) in [5.41, 5.74) is 8.76. The van der Waals surface area contributed by atoms with Crippen LogP contribution in [-0.2, 0) is 16.1 Å². The third-order valence-electron chi connectivity index (χ3n) is 4.92. The molecule has 0 aliphatic carbocycles. The van der Waals surface area contributed by atoms with Crippen LogP contribution in [0.3, 0.4) is 0 Å². The minimum atomic E-state index is -0.792. The molecule has 3 rings (SSSR count). The predicted octanol–water partition coefficient (Wildman–Crippen LogP) is 3.15. The van der Waals surface area contributed by atoms with E-state index in [1.54, 1.807) is 17.6 Å². The number of nitrogens with zero attached hydrogens (tertiary/aromatic N) is 2. The van der Waals surface area contributed by atoms with Crippen LogP contribution in [0.2, 0.25) is 0 Å². The number of hydrogen-bond acceptors (Lipinski definition) is 5. The molecule has 9 heteroatoms. The number of hydrogen-bond donors (Lipinski definition) is 3. The van der Waals surface area contributed by atoms with Crippen molar-refractivity contribution in [3.8, 4) is 17.1 Å². The van der Waals surface area contributed by atoms with Crippen molar-refractivity contribution in [3.63, 3.8) is 0 Å². The molecule has 1 heterocycles. The number of aromatic nitrogens is 3. The van der Waals surface area contributed by atoms with Crippen LogP contribution in [0.1, 0.15) is 23.6 Å². The van der Waals surface area contributed by atoms with Crippen molar-refractivity contribution < 1.29 is 14.3 Å². The molecular weight excluding hydrogens is 414 g/mol. The Morgan fingerprint density at radius 1 is 1.13 bits per heavy atom. The molecule has 0 aliphatic rings. The molecule has 0 bridgehead atoms. The lowest BCUT2D eigenvalue weighted by Crippen LogP contribution is -2.48. The first-order valence-corrected chi connectivity index (χ1v) is 10.2. The van der Waals surface area contributed by atoms with Crippen molar-refractivity contribution in [2.45, 2.75) is 40.3 Å². The minimum absolute atomic E-state index is 0.106. The first kappa shape index (κ1) is 22.2. The Hall–Kier alpha value is -3.46. The van der Waals surface area contributed by atoms with Crippen LogP contribution in [0.4, 0.5) is 0 Å². The molecule has 1 atom stereocenters. The number of carbonyl (C=O) groups is 2. The lowest BCUT2D eigenvalue weighted by atomic mass is 10.1. The maximum atomic E-state index is 12.4. The maximum absolute atomic E-state index is 12.4. The zero-order chi connectivity index (χ0) is 22.5. The van der Waals surface area contributed by atoms with Gasteiger partial charge in [0.1, 0.15) is 12.3 Å². The number of amides is 2. The molecule has 8 nitrogen and oxygen atoms in total. The van der Waals surface area contributed by atoms with Gasteiger partial charge in [-0.05, 0) is 57.1 Å². The van der Waals surface area contributed by atoms with Gasteiger partial charge in [0.25, 0.3) is 11.8 Å². The summed E-state index contributed by atoms with van der Waals surface area (Å²) in [6, 6.07) is 13.4. The molecular formula is C22H25N5O3S. The molecule has 162 valence electrons. The van der Waals surface area contributed by atoms with Gasteiger partial charge in [-0.1, -0.05) is 42.0 Å². The molecule has 3 aromatic rings. The smallest absolute Gasteiger partial charge is 0.279 e. The maximum Gasteiger partial charge on any atom is 0.279 e. The van der Waals surface area contributed by atoms with Crippen LogP contribution >= 0.6 is 12.2 Å². The van der Waals surface area contributed by atoms with Crippen molar-refractivity contribution in [2.75, 3.05) is 0 Å². The van der Waals surface area contributed by atoms with Gasteiger partial charge < -0.3 is 4.74 Å². The topological polar surface area (TPSA) is 101 Å². The molecule has 0 radical (unpaired) electrons. The summed E-state index contributed by atoms with van der Waals surface area (Å²) in [5.74, 6) is 0.251. The van der Waals surface area contributed by atoms with Crippen molar-refractivity contribution in [1.82, 2.24) is 25.6 Å². The Labute approximate surface area is 185 Å². The number of nitrogens with one attached hydrogen (secondary N) is 3. The monoisotopic (exact) mass is 439 g/mol. The third kappa shape index (κ3) is 5.37. The summed E-state index contributed by atoms with van der Waals surface area (Å²) in [6.07, 6.45) is -0.792. The quantitative estimate of drug-likeness (QED) is 0.405. The number of H-pyrrole nitrogens is 1. The Morgan fingerprint density at radius 3 is 2.55 bits per heavy atom. The Bertz CT molecular complexity index is 1150. The number of carbonyl (C=O) groups excluding carboxylic acids is 2. The minimum Gasteiger partial charge on any atom is -0.481 e. The molecule has 31 heavy (non-hydrogen) atoms. The number of benzene rings is 2. The Balaban J connectivity index is 1.60. The van der Waals surface area contributed by atoms with E-state index in [1.165, 1.54) is 0 Å². The van der Waals surface area contributed by atoms with Crippen LogP contribution in [0.25, 0.3) is 11.4 Å². The summed E-state index contributed by atoms with van der Waals surface area (Å²) in [5, 5.41) is 6.92. The van der Waals surface area contributed by atoms with E-state index in [2.05, 4.69) is 21.0 Å². The van der Waals surface area contributed by atoms with Gasteiger partial charge >= 0.3 is 0 Å². The van der Waals surface area contributed by atoms with E-state index in [0.29, 0.717) is 16.3 Å². The van der Waals surface area contributed by atoms with Crippen LogP contribution < -0.4 is 15.6 Å². The van der Waals surface area contributed by atoms with E-state index in [-0.39, 0.29) is 6.54 Å². The molecule has 2 aromatic carbocycles.